The van der Waals surface area contributed by atoms with Crippen molar-refractivity contribution in [3.63, 3.8) is 0 Å². The van der Waals surface area contributed by atoms with E-state index in [1.54, 1.807) is 0 Å². The maximum atomic E-state index is 12.9. The van der Waals surface area contributed by atoms with Crippen molar-refractivity contribution in [2.75, 3.05) is 13.2 Å². The number of unbranched alkanes of at least 4 members (excludes halogenated alkanes) is 49. The summed E-state index contributed by atoms with van der Waals surface area (Å²) in [5.74, 6) is -0.862. The van der Waals surface area contributed by atoms with E-state index in [9.17, 15) is 14.4 Å². The fourth-order valence-electron chi connectivity index (χ4n) is 10.5. The van der Waals surface area contributed by atoms with E-state index in [-0.39, 0.29) is 31.1 Å². The molecule has 76 heavy (non-hydrogen) atoms. The van der Waals surface area contributed by atoms with Crippen molar-refractivity contribution in [2.24, 2.45) is 0 Å². The smallest absolute Gasteiger partial charge is 0.306 e. The summed E-state index contributed by atoms with van der Waals surface area (Å²) in [5.41, 5.74) is 0. The van der Waals surface area contributed by atoms with E-state index in [0.29, 0.717) is 19.3 Å². The number of carbonyl (C=O) groups excluding carboxylic acids is 3. The standard InChI is InChI=1S/C70H132O6/c1-4-7-10-13-16-19-22-24-26-27-28-29-30-31-32-33-34-35-36-37-38-39-40-41-42-43-44-46-48-51-54-57-60-63-69(72)75-66-67(65-74-68(71)62-59-56-53-50-47-21-18-15-12-9-6-3)76-70(73)64-61-58-55-52-49-45-25-23-20-17-14-11-8-5-2/h14,17,23,25,67H,4-13,15-16,18-22,24,26-66H2,1-3H3/b17-14-,25-23-. The molecule has 6 heteroatoms. The molecule has 0 aliphatic heterocycles. The highest BCUT2D eigenvalue weighted by Crippen LogP contribution is 2.19. The van der Waals surface area contributed by atoms with Crippen LogP contribution in [0.15, 0.2) is 24.3 Å². The largest absolute Gasteiger partial charge is 0.462 e. The van der Waals surface area contributed by atoms with Crippen molar-refractivity contribution in [2.45, 2.75) is 393 Å². The van der Waals surface area contributed by atoms with Gasteiger partial charge in [0.2, 0.25) is 0 Å². The molecular formula is C70H132O6. The van der Waals surface area contributed by atoms with Gasteiger partial charge >= 0.3 is 17.9 Å². The first-order valence-corrected chi connectivity index (χ1v) is 34.3. The molecule has 0 aromatic rings. The zero-order valence-corrected chi connectivity index (χ0v) is 51.6. The van der Waals surface area contributed by atoms with Crippen molar-refractivity contribution in [1.29, 1.82) is 0 Å². The van der Waals surface area contributed by atoms with Gasteiger partial charge in [0, 0.05) is 19.3 Å². The molecule has 448 valence electrons. The molecule has 0 heterocycles. The lowest BCUT2D eigenvalue weighted by atomic mass is 10.0. The Bertz CT molecular complexity index is 1230. The molecule has 0 spiro atoms. The van der Waals surface area contributed by atoms with E-state index >= 15 is 0 Å². The van der Waals surface area contributed by atoms with E-state index in [1.807, 2.05) is 0 Å². The van der Waals surface area contributed by atoms with Gasteiger partial charge in [-0.05, 0) is 44.9 Å². The Morgan fingerprint density at radius 1 is 0.263 bits per heavy atom. The SMILES string of the molecule is CCCC/C=C\C/C=C\CCCCCCCC(=O)OC(COC(=O)CCCCCCCCCCCCC)COC(=O)CCCCCCCCCCCCCCCCCCCCCCCCCCCCCCCCCCC. The van der Waals surface area contributed by atoms with Crippen molar-refractivity contribution in [3.8, 4) is 0 Å². The lowest BCUT2D eigenvalue weighted by Crippen LogP contribution is -2.30. The molecule has 0 amide bonds. The summed E-state index contributed by atoms with van der Waals surface area (Å²) in [7, 11) is 0. The lowest BCUT2D eigenvalue weighted by Gasteiger charge is -2.18. The predicted octanol–water partition coefficient (Wildman–Crippen LogP) is 23.4. The molecule has 0 aliphatic rings. The minimum atomic E-state index is -0.774. The molecule has 0 fully saturated rings. The minimum absolute atomic E-state index is 0.0714. The van der Waals surface area contributed by atoms with Gasteiger partial charge < -0.3 is 14.2 Å². The number of rotatable bonds is 64. The Balaban J connectivity index is 4.01. The average molecular weight is 1070 g/mol. The van der Waals surface area contributed by atoms with Gasteiger partial charge in [-0.25, -0.2) is 0 Å². The van der Waals surface area contributed by atoms with Crippen molar-refractivity contribution >= 4 is 17.9 Å². The van der Waals surface area contributed by atoms with Crippen LogP contribution in [0, 0.1) is 0 Å². The molecule has 1 atom stereocenters. The van der Waals surface area contributed by atoms with Gasteiger partial charge in [0.15, 0.2) is 6.10 Å². The van der Waals surface area contributed by atoms with Crippen LogP contribution in [0.2, 0.25) is 0 Å². The second kappa shape index (κ2) is 65.4. The van der Waals surface area contributed by atoms with Gasteiger partial charge in [-0.1, -0.05) is 347 Å². The Morgan fingerprint density at radius 3 is 0.763 bits per heavy atom. The highest BCUT2D eigenvalue weighted by atomic mass is 16.6. The monoisotopic (exact) mass is 1070 g/mol. The molecule has 0 aromatic carbocycles. The fourth-order valence-corrected chi connectivity index (χ4v) is 10.5. The Hall–Kier alpha value is -2.11. The maximum absolute atomic E-state index is 12.9. The molecule has 0 rings (SSSR count). The number of esters is 3. The Morgan fingerprint density at radius 2 is 0.487 bits per heavy atom. The maximum Gasteiger partial charge on any atom is 0.306 e. The molecule has 1 unspecified atom stereocenters. The van der Waals surface area contributed by atoms with Crippen molar-refractivity contribution < 1.29 is 28.6 Å². The summed E-state index contributed by atoms with van der Waals surface area (Å²) in [6.07, 6.45) is 79.5. The summed E-state index contributed by atoms with van der Waals surface area (Å²) in [5, 5.41) is 0. The van der Waals surface area contributed by atoms with Crippen LogP contribution in [-0.4, -0.2) is 37.2 Å². The first-order chi connectivity index (χ1) is 37.5. The average Bonchev–Trinajstić information content (AvgIpc) is 3.42. The first kappa shape index (κ1) is 73.9. The second-order valence-corrected chi connectivity index (χ2v) is 23.5. The van der Waals surface area contributed by atoms with E-state index in [4.69, 9.17) is 14.2 Å². The van der Waals surface area contributed by atoms with Gasteiger partial charge in [-0.3, -0.25) is 14.4 Å². The molecule has 6 nitrogen and oxygen atoms in total. The summed E-state index contributed by atoms with van der Waals surface area (Å²) in [4.78, 5) is 38.2. The third-order valence-corrected chi connectivity index (χ3v) is 15.7. The lowest BCUT2D eigenvalue weighted by molar-refractivity contribution is -0.167. The number of hydrogen-bond donors (Lipinski definition) is 0. The van der Waals surface area contributed by atoms with Crippen LogP contribution in [0.3, 0.4) is 0 Å². The molecular weight excluding hydrogens is 937 g/mol. The summed E-state index contributed by atoms with van der Waals surface area (Å²) in [6, 6.07) is 0. The van der Waals surface area contributed by atoms with Gasteiger partial charge in [-0.2, -0.15) is 0 Å². The number of ether oxygens (including phenoxy) is 3. The third kappa shape index (κ3) is 62.7. The molecule has 0 radical (unpaired) electrons. The molecule has 0 saturated carbocycles. The van der Waals surface area contributed by atoms with Crippen LogP contribution in [0.4, 0.5) is 0 Å². The number of carbonyl (C=O) groups is 3. The highest BCUT2D eigenvalue weighted by Gasteiger charge is 2.19. The molecule has 0 saturated heterocycles. The number of hydrogen-bond acceptors (Lipinski definition) is 6. The van der Waals surface area contributed by atoms with Crippen LogP contribution in [0.1, 0.15) is 387 Å². The molecule has 0 bridgehead atoms. The summed E-state index contributed by atoms with van der Waals surface area (Å²) < 4.78 is 16.9. The van der Waals surface area contributed by atoms with Crippen LogP contribution < -0.4 is 0 Å². The normalized spacial score (nSPS) is 12.1. The van der Waals surface area contributed by atoms with Crippen LogP contribution in [0.25, 0.3) is 0 Å². The summed E-state index contributed by atoms with van der Waals surface area (Å²) in [6.45, 7) is 6.64. The van der Waals surface area contributed by atoms with E-state index in [2.05, 4.69) is 45.1 Å². The summed E-state index contributed by atoms with van der Waals surface area (Å²) >= 11 is 0. The van der Waals surface area contributed by atoms with E-state index < -0.39 is 6.10 Å². The van der Waals surface area contributed by atoms with Gasteiger partial charge in [-0.15, -0.1) is 0 Å². The van der Waals surface area contributed by atoms with E-state index in [1.165, 1.54) is 263 Å². The zero-order chi connectivity index (χ0) is 55.0. The second-order valence-electron chi connectivity index (χ2n) is 23.5. The van der Waals surface area contributed by atoms with Crippen molar-refractivity contribution in [1.82, 2.24) is 0 Å². The Kier molecular flexibility index (Phi) is 63.6. The topological polar surface area (TPSA) is 78.9 Å². The fraction of sp³-hybridized carbons (Fsp3) is 0.900. The zero-order valence-electron chi connectivity index (χ0n) is 51.6. The predicted molar refractivity (Wildman–Crippen MR) is 330 cm³/mol. The van der Waals surface area contributed by atoms with E-state index in [0.717, 1.165) is 83.5 Å². The third-order valence-electron chi connectivity index (χ3n) is 15.7. The van der Waals surface area contributed by atoms with Crippen LogP contribution in [0.5, 0.6) is 0 Å². The highest BCUT2D eigenvalue weighted by molar-refractivity contribution is 5.71. The molecule has 0 aliphatic carbocycles. The minimum Gasteiger partial charge on any atom is -0.462 e. The van der Waals surface area contributed by atoms with Crippen LogP contribution in [-0.2, 0) is 28.6 Å². The molecule has 0 N–H and O–H groups in total. The number of allylic oxidation sites excluding steroid dienone is 4. The van der Waals surface area contributed by atoms with Gasteiger partial charge in [0.25, 0.3) is 0 Å². The van der Waals surface area contributed by atoms with Crippen molar-refractivity contribution in [3.05, 3.63) is 24.3 Å². The van der Waals surface area contributed by atoms with Gasteiger partial charge in [0.1, 0.15) is 13.2 Å². The van der Waals surface area contributed by atoms with Gasteiger partial charge in [0.05, 0.1) is 0 Å². The quantitative estimate of drug-likeness (QED) is 0.0261. The van der Waals surface area contributed by atoms with Crippen LogP contribution >= 0.6 is 0 Å². The first-order valence-electron chi connectivity index (χ1n) is 34.3. The molecule has 0 aromatic heterocycles. The Labute approximate surface area is 474 Å².